The summed E-state index contributed by atoms with van der Waals surface area (Å²) < 4.78 is 0.577. The lowest BCUT2D eigenvalue weighted by molar-refractivity contribution is 0.186. The normalized spacial score (nSPS) is 22.6. The minimum atomic E-state index is -0.121. The molecule has 8 heteroatoms. The van der Waals surface area contributed by atoms with Gasteiger partial charge in [-0.15, -0.1) is 11.3 Å². The van der Waals surface area contributed by atoms with E-state index >= 15 is 0 Å². The Morgan fingerprint density at radius 2 is 2.22 bits per heavy atom. The SMILES string of the molecule is Cc1cnc(N2CCC3(CC2)Cc2sc(Cl)nc2C3N)c(=O)[nH]1. The molecule has 4 rings (SSSR count). The summed E-state index contributed by atoms with van der Waals surface area (Å²) in [6, 6.07) is -0.0624. The highest BCUT2D eigenvalue weighted by Gasteiger charge is 2.48. The van der Waals surface area contributed by atoms with Crippen LogP contribution in [0.25, 0.3) is 0 Å². The van der Waals surface area contributed by atoms with Crippen LogP contribution in [0.15, 0.2) is 11.0 Å². The third-order valence-corrected chi connectivity index (χ3v) is 6.30. The number of aromatic nitrogens is 3. The predicted octanol–water partition coefficient (Wildman–Crippen LogP) is 2.03. The lowest BCUT2D eigenvalue weighted by atomic mass is 9.73. The van der Waals surface area contributed by atoms with Gasteiger partial charge in [0.05, 0.1) is 11.7 Å². The number of H-pyrrole nitrogens is 1. The van der Waals surface area contributed by atoms with Gasteiger partial charge in [-0.25, -0.2) is 9.97 Å². The van der Waals surface area contributed by atoms with Gasteiger partial charge in [0, 0.05) is 29.9 Å². The van der Waals surface area contributed by atoms with Crippen LogP contribution in [0.2, 0.25) is 4.47 Å². The molecule has 0 bridgehead atoms. The Morgan fingerprint density at radius 3 is 2.87 bits per heavy atom. The second-order valence-corrected chi connectivity index (χ2v) is 8.16. The van der Waals surface area contributed by atoms with Gasteiger partial charge < -0.3 is 15.6 Å². The highest BCUT2D eigenvalue weighted by Crippen LogP contribution is 2.52. The molecule has 3 heterocycles. The molecule has 122 valence electrons. The first-order chi connectivity index (χ1) is 11.0. The molecule has 1 saturated heterocycles. The summed E-state index contributed by atoms with van der Waals surface area (Å²) in [4.78, 5) is 26.9. The van der Waals surface area contributed by atoms with Gasteiger partial charge in [-0.3, -0.25) is 4.79 Å². The number of aromatic amines is 1. The second kappa shape index (κ2) is 5.29. The third kappa shape index (κ3) is 2.38. The number of thiazole rings is 1. The first kappa shape index (κ1) is 15.1. The smallest absolute Gasteiger partial charge is 0.291 e. The van der Waals surface area contributed by atoms with Crippen molar-refractivity contribution in [1.29, 1.82) is 0 Å². The number of hydrogen-bond acceptors (Lipinski definition) is 6. The van der Waals surface area contributed by atoms with Crippen LogP contribution in [0.5, 0.6) is 0 Å². The molecular formula is C15H18ClN5OS. The van der Waals surface area contributed by atoms with Crippen molar-refractivity contribution >= 4 is 28.8 Å². The monoisotopic (exact) mass is 351 g/mol. The molecule has 0 amide bonds. The number of fused-ring (bicyclic) bond motifs is 1. The fraction of sp³-hybridized carbons (Fsp3) is 0.533. The van der Waals surface area contributed by atoms with Gasteiger partial charge in [0.2, 0.25) is 0 Å². The summed E-state index contributed by atoms with van der Waals surface area (Å²) in [5.74, 6) is 0.507. The maximum Gasteiger partial charge on any atom is 0.291 e. The van der Waals surface area contributed by atoms with E-state index in [-0.39, 0.29) is 17.0 Å². The first-order valence-electron chi connectivity index (χ1n) is 7.70. The second-order valence-electron chi connectivity index (χ2n) is 6.50. The average molecular weight is 352 g/mol. The third-order valence-electron chi connectivity index (χ3n) is 5.12. The maximum absolute atomic E-state index is 12.1. The number of halogens is 1. The van der Waals surface area contributed by atoms with E-state index in [1.165, 1.54) is 4.88 Å². The number of aryl methyl sites for hydroxylation is 1. The molecule has 3 N–H and O–H groups in total. The van der Waals surface area contributed by atoms with Gasteiger partial charge in [-0.05, 0) is 31.6 Å². The lowest BCUT2D eigenvalue weighted by Gasteiger charge is -2.42. The topological polar surface area (TPSA) is 87.9 Å². The molecule has 1 atom stereocenters. The molecular weight excluding hydrogens is 334 g/mol. The Kier molecular flexibility index (Phi) is 3.48. The molecule has 23 heavy (non-hydrogen) atoms. The molecule has 2 aromatic heterocycles. The Bertz CT molecular complexity index is 808. The highest BCUT2D eigenvalue weighted by molar-refractivity contribution is 7.15. The van der Waals surface area contributed by atoms with Crippen LogP contribution in [-0.4, -0.2) is 28.0 Å². The zero-order chi connectivity index (χ0) is 16.2. The van der Waals surface area contributed by atoms with Gasteiger partial charge in [0.1, 0.15) is 0 Å². The van der Waals surface area contributed by atoms with Crippen molar-refractivity contribution in [2.45, 2.75) is 32.2 Å². The molecule has 0 saturated carbocycles. The summed E-state index contributed by atoms with van der Waals surface area (Å²) in [5.41, 5.74) is 8.16. The van der Waals surface area contributed by atoms with Gasteiger partial charge in [-0.2, -0.15) is 0 Å². The van der Waals surface area contributed by atoms with E-state index < -0.39 is 0 Å². The van der Waals surface area contributed by atoms with Crippen molar-refractivity contribution < 1.29 is 0 Å². The van der Waals surface area contributed by atoms with Crippen molar-refractivity contribution in [3.63, 3.8) is 0 Å². The number of nitrogens with zero attached hydrogens (tertiary/aromatic N) is 3. The molecule has 6 nitrogen and oxygen atoms in total. The summed E-state index contributed by atoms with van der Waals surface area (Å²) in [6.07, 6.45) is 4.51. The molecule has 2 aliphatic rings. The van der Waals surface area contributed by atoms with Gasteiger partial charge in [0.25, 0.3) is 5.56 Å². The van der Waals surface area contributed by atoms with E-state index in [0.29, 0.717) is 10.3 Å². The number of piperidine rings is 1. The fourth-order valence-electron chi connectivity index (χ4n) is 3.78. The van der Waals surface area contributed by atoms with Gasteiger partial charge >= 0.3 is 0 Å². The Balaban J connectivity index is 1.53. The Labute approximate surface area is 142 Å². The zero-order valence-electron chi connectivity index (χ0n) is 12.8. The van der Waals surface area contributed by atoms with Crippen molar-refractivity contribution in [1.82, 2.24) is 15.0 Å². The highest BCUT2D eigenvalue weighted by atomic mass is 35.5. The molecule has 1 spiro atoms. The van der Waals surface area contributed by atoms with E-state index in [4.69, 9.17) is 17.3 Å². The number of nitrogens with one attached hydrogen (secondary N) is 1. The Morgan fingerprint density at radius 1 is 1.48 bits per heavy atom. The van der Waals surface area contributed by atoms with Crippen molar-refractivity contribution in [2.75, 3.05) is 18.0 Å². The molecule has 2 aromatic rings. The standard InChI is InChI=1S/C15H18ClN5OS/c1-8-7-18-12(13(22)19-8)21-4-2-15(3-5-21)6-9-10(11(15)17)20-14(16)23-9/h7,11H,2-6,17H2,1H3,(H,19,22). The van der Waals surface area contributed by atoms with Crippen LogP contribution in [0.3, 0.4) is 0 Å². The quantitative estimate of drug-likeness (QED) is 0.820. The summed E-state index contributed by atoms with van der Waals surface area (Å²) in [5, 5.41) is 0. The van der Waals surface area contributed by atoms with Crippen LogP contribution in [0.4, 0.5) is 5.82 Å². The molecule has 1 unspecified atom stereocenters. The summed E-state index contributed by atoms with van der Waals surface area (Å²) in [6.45, 7) is 3.41. The average Bonchev–Trinajstić information content (AvgIpc) is 2.97. The first-order valence-corrected chi connectivity index (χ1v) is 8.89. The van der Waals surface area contributed by atoms with E-state index in [0.717, 1.165) is 43.7 Å². The van der Waals surface area contributed by atoms with Crippen LogP contribution in [-0.2, 0) is 6.42 Å². The fourth-order valence-corrected chi connectivity index (χ4v) is 5.14. The minimum Gasteiger partial charge on any atom is -0.352 e. The largest absolute Gasteiger partial charge is 0.352 e. The van der Waals surface area contributed by atoms with Crippen LogP contribution in [0, 0.1) is 12.3 Å². The van der Waals surface area contributed by atoms with Gasteiger partial charge in [0.15, 0.2) is 10.3 Å². The maximum atomic E-state index is 12.1. The van der Waals surface area contributed by atoms with E-state index in [1.807, 2.05) is 6.92 Å². The number of hydrogen-bond donors (Lipinski definition) is 2. The number of nitrogens with two attached hydrogens (primary N) is 1. The molecule has 0 radical (unpaired) electrons. The van der Waals surface area contributed by atoms with Crippen LogP contribution >= 0.6 is 22.9 Å². The minimum absolute atomic E-state index is 0.0483. The predicted molar refractivity (Wildman–Crippen MR) is 91.2 cm³/mol. The van der Waals surface area contributed by atoms with Crippen LogP contribution in [0.1, 0.15) is 35.1 Å². The van der Waals surface area contributed by atoms with Crippen LogP contribution < -0.4 is 16.2 Å². The Hall–Kier alpha value is -1.44. The number of rotatable bonds is 1. The van der Waals surface area contributed by atoms with Crippen molar-refractivity contribution in [2.24, 2.45) is 11.1 Å². The molecule has 1 fully saturated rings. The number of anilines is 1. The molecule has 1 aliphatic heterocycles. The van der Waals surface area contributed by atoms with Crippen molar-refractivity contribution in [3.05, 3.63) is 37.3 Å². The molecule has 0 aromatic carbocycles. The van der Waals surface area contributed by atoms with Crippen molar-refractivity contribution in [3.8, 4) is 0 Å². The summed E-state index contributed by atoms with van der Waals surface area (Å²) in [7, 11) is 0. The van der Waals surface area contributed by atoms with E-state index in [2.05, 4.69) is 19.9 Å². The summed E-state index contributed by atoms with van der Waals surface area (Å²) >= 11 is 7.54. The van der Waals surface area contributed by atoms with Gasteiger partial charge in [-0.1, -0.05) is 11.6 Å². The lowest BCUT2D eigenvalue weighted by Crippen LogP contribution is -2.46. The van der Waals surface area contributed by atoms with E-state index in [9.17, 15) is 4.79 Å². The zero-order valence-corrected chi connectivity index (χ0v) is 14.4. The van der Waals surface area contributed by atoms with E-state index in [1.54, 1.807) is 17.5 Å². The molecule has 1 aliphatic carbocycles.